The number of benzene rings is 1. The summed E-state index contributed by atoms with van der Waals surface area (Å²) in [6.07, 6.45) is 0. The fraction of sp³-hybridized carbons (Fsp3) is 0. The van der Waals surface area contributed by atoms with Gasteiger partial charge < -0.3 is 11.5 Å². The number of rotatable bonds is 3. The minimum absolute atomic E-state index is 0.0578. The SMILES string of the molecule is NC(N)=NNc1ccc(N=O)cc1. The Morgan fingerprint density at radius 2 is 1.85 bits per heavy atom. The van der Waals surface area contributed by atoms with Gasteiger partial charge in [-0.2, -0.15) is 0 Å². The molecule has 0 amide bonds. The molecular formula is C7H9N5O. The van der Waals surface area contributed by atoms with Crippen LogP contribution >= 0.6 is 0 Å². The maximum Gasteiger partial charge on any atom is 0.208 e. The van der Waals surface area contributed by atoms with Crippen LogP contribution in [0.2, 0.25) is 0 Å². The van der Waals surface area contributed by atoms with Gasteiger partial charge in [0.25, 0.3) is 0 Å². The van der Waals surface area contributed by atoms with Crippen LogP contribution in [0.25, 0.3) is 0 Å². The van der Waals surface area contributed by atoms with Gasteiger partial charge in [0.15, 0.2) is 0 Å². The number of hydrogen-bond donors (Lipinski definition) is 3. The van der Waals surface area contributed by atoms with E-state index in [2.05, 4.69) is 15.7 Å². The van der Waals surface area contributed by atoms with Crippen LogP contribution in [0.4, 0.5) is 11.4 Å². The Hall–Kier alpha value is -2.11. The van der Waals surface area contributed by atoms with E-state index < -0.39 is 0 Å². The summed E-state index contributed by atoms with van der Waals surface area (Å²) in [7, 11) is 0. The molecule has 0 spiro atoms. The van der Waals surface area contributed by atoms with Gasteiger partial charge in [0.1, 0.15) is 5.69 Å². The van der Waals surface area contributed by atoms with Crippen molar-refractivity contribution in [2.24, 2.45) is 21.7 Å². The molecule has 1 aromatic rings. The van der Waals surface area contributed by atoms with Gasteiger partial charge in [-0.3, -0.25) is 5.43 Å². The third-order valence-corrected chi connectivity index (χ3v) is 1.29. The Balaban J connectivity index is 2.69. The van der Waals surface area contributed by atoms with Gasteiger partial charge in [-0.05, 0) is 29.4 Å². The average Bonchev–Trinajstić information content (AvgIpc) is 2.15. The quantitative estimate of drug-likeness (QED) is 0.274. The van der Waals surface area contributed by atoms with Crippen molar-refractivity contribution >= 4 is 17.3 Å². The second-order valence-electron chi connectivity index (χ2n) is 2.29. The molecule has 0 aliphatic carbocycles. The summed E-state index contributed by atoms with van der Waals surface area (Å²) in [5, 5.41) is 6.31. The zero-order chi connectivity index (χ0) is 9.68. The van der Waals surface area contributed by atoms with Crippen LogP contribution in [0.3, 0.4) is 0 Å². The van der Waals surface area contributed by atoms with E-state index in [1.165, 1.54) is 0 Å². The molecule has 1 rings (SSSR count). The third kappa shape index (κ3) is 2.78. The maximum absolute atomic E-state index is 10.0. The van der Waals surface area contributed by atoms with Gasteiger partial charge in [0, 0.05) is 0 Å². The van der Waals surface area contributed by atoms with Crippen molar-refractivity contribution in [3.63, 3.8) is 0 Å². The van der Waals surface area contributed by atoms with Crippen LogP contribution in [-0.4, -0.2) is 5.96 Å². The van der Waals surface area contributed by atoms with Crippen LogP contribution in [0.15, 0.2) is 34.5 Å². The van der Waals surface area contributed by atoms with Crippen molar-refractivity contribution in [2.75, 3.05) is 5.43 Å². The topological polar surface area (TPSA) is 106 Å². The first-order valence-electron chi connectivity index (χ1n) is 3.50. The summed E-state index contributed by atoms with van der Waals surface area (Å²) in [5.41, 5.74) is 13.8. The lowest BCUT2D eigenvalue weighted by atomic mass is 10.3. The summed E-state index contributed by atoms with van der Waals surface area (Å²) in [6.45, 7) is 0. The van der Waals surface area contributed by atoms with E-state index in [0.717, 1.165) is 0 Å². The number of hydrazone groups is 1. The van der Waals surface area contributed by atoms with Crippen molar-refractivity contribution in [1.82, 2.24) is 0 Å². The Kier molecular flexibility index (Phi) is 2.80. The minimum atomic E-state index is -0.0578. The first-order valence-corrected chi connectivity index (χ1v) is 3.50. The van der Waals surface area contributed by atoms with Crippen molar-refractivity contribution in [1.29, 1.82) is 0 Å². The smallest absolute Gasteiger partial charge is 0.208 e. The van der Waals surface area contributed by atoms with E-state index in [9.17, 15) is 4.91 Å². The van der Waals surface area contributed by atoms with Gasteiger partial charge in [0.2, 0.25) is 5.96 Å². The third-order valence-electron chi connectivity index (χ3n) is 1.29. The molecular weight excluding hydrogens is 170 g/mol. The van der Waals surface area contributed by atoms with Gasteiger partial charge in [-0.25, -0.2) is 0 Å². The molecule has 0 bridgehead atoms. The fourth-order valence-corrected chi connectivity index (χ4v) is 0.726. The van der Waals surface area contributed by atoms with Crippen molar-refractivity contribution in [2.45, 2.75) is 0 Å². The van der Waals surface area contributed by atoms with Crippen LogP contribution in [0.5, 0.6) is 0 Å². The average molecular weight is 179 g/mol. The molecule has 6 nitrogen and oxygen atoms in total. The van der Waals surface area contributed by atoms with E-state index in [1.807, 2.05) is 0 Å². The lowest BCUT2D eigenvalue weighted by Gasteiger charge is -1.99. The number of nitrogens with one attached hydrogen (secondary N) is 1. The highest BCUT2D eigenvalue weighted by Crippen LogP contribution is 2.15. The molecule has 68 valence electrons. The largest absolute Gasteiger partial charge is 0.369 e. The van der Waals surface area contributed by atoms with Crippen molar-refractivity contribution < 1.29 is 0 Å². The number of guanidine groups is 1. The molecule has 0 aliphatic rings. The minimum Gasteiger partial charge on any atom is -0.369 e. The van der Waals surface area contributed by atoms with Crippen LogP contribution in [0.1, 0.15) is 0 Å². The normalized spacial score (nSPS) is 8.92. The molecule has 5 N–H and O–H groups in total. The van der Waals surface area contributed by atoms with E-state index in [1.54, 1.807) is 24.3 Å². The molecule has 0 fully saturated rings. The molecule has 0 heterocycles. The Labute approximate surface area is 74.6 Å². The maximum atomic E-state index is 10.0. The van der Waals surface area contributed by atoms with E-state index in [-0.39, 0.29) is 5.96 Å². The van der Waals surface area contributed by atoms with Crippen LogP contribution in [0, 0.1) is 4.91 Å². The lowest BCUT2D eigenvalue weighted by Crippen LogP contribution is -2.23. The summed E-state index contributed by atoms with van der Waals surface area (Å²) in [5.74, 6) is -0.0578. The molecule has 0 aromatic heterocycles. The second kappa shape index (κ2) is 4.05. The summed E-state index contributed by atoms with van der Waals surface area (Å²) in [6, 6.07) is 6.39. The first-order chi connectivity index (χ1) is 6.22. The molecule has 0 unspecified atom stereocenters. The van der Waals surface area contributed by atoms with Gasteiger partial charge in [0.05, 0.1) is 5.69 Å². The second-order valence-corrected chi connectivity index (χ2v) is 2.29. The van der Waals surface area contributed by atoms with Gasteiger partial charge in [-0.1, -0.05) is 0 Å². The number of nitrogens with two attached hydrogens (primary N) is 2. The molecule has 6 heteroatoms. The standard InChI is InChI=1S/C7H9N5O/c8-7(9)11-10-5-1-3-6(12-13)4-2-5/h1-4,10H,(H4,8,9,11). The highest BCUT2D eigenvalue weighted by Gasteiger charge is 1.91. The number of nitrogens with zero attached hydrogens (tertiary/aromatic N) is 2. The molecule has 0 saturated heterocycles. The predicted molar refractivity (Wildman–Crippen MR) is 51.3 cm³/mol. The monoisotopic (exact) mass is 179 g/mol. The lowest BCUT2D eigenvalue weighted by molar-refractivity contribution is 1.29. The van der Waals surface area contributed by atoms with Gasteiger partial charge in [-0.15, -0.1) is 10.0 Å². The van der Waals surface area contributed by atoms with Crippen LogP contribution < -0.4 is 16.9 Å². The first kappa shape index (κ1) is 8.98. The molecule has 0 saturated carbocycles. The Bertz CT molecular complexity index is 314. The summed E-state index contributed by atoms with van der Waals surface area (Å²) in [4.78, 5) is 10.0. The van der Waals surface area contributed by atoms with Gasteiger partial charge >= 0.3 is 0 Å². The van der Waals surface area contributed by atoms with E-state index in [0.29, 0.717) is 11.4 Å². The summed E-state index contributed by atoms with van der Waals surface area (Å²) < 4.78 is 0. The highest BCUT2D eigenvalue weighted by molar-refractivity contribution is 5.76. The molecule has 0 aliphatic heterocycles. The Morgan fingerprint density at radius 3 is 2.31 bits per heavy atom. The zero-order valence-electron chi connectivity index (χ0n) is 6.77. The van der Waals surface area contributed by atoms with E-state index >= 15 is 0 Å². The summed E-state index contributed by atoms with van der Waals surface area (Å²) >= 11 is 0. The molecule has 1 aromatic carbocycles. The molecule has 13 heavy (non-hydrogen) atoms. The molecule has 0 atom stereocenters. The fourth-order valence-electron chi connectivity index (χ4n) is 0.726. The number of hydrogen-bond acceptors (Lipinski definition) is 4. The van der Waals surface area contributed by atoms with Crippen LogP contribution in [-0.2, 0) is 0 Å². The van der Waals surface area contributed by atoms with Crippen molar-refractivity contribution in [3.05, 3.63) is 29.2 Å². The highest BCUT2D eigenvalue weighted by atomic mass is 16.3. The molecule has 0 radical (unpaired) electrons. The zero-order valence-corrected chi connectivity index (χ0v) is 6.77. The van der Waals surface area contributed by atoms with E-state index in [4.69, 9.17) is 11.5 Å². The number of nitroso groups, excluding NO2 is 1. The predicted octanol–water partition coefficient (Wildman–Crippen LogP) is 0.685. The van der Waals surface area contributed by atoms with Crippen molar-refractivity contribution in [3.8, 4) is 0 Å². The number of anilines is 1. The Morgan fingerprint density at radius 1 is 1.23 bits per heavy atom.